The summed E-state index contributed by atoms with van der Waals surface area (Å²) in [6.07, 6.45) is -4.11. The van der Waals surface area contributed by atoms with Gasteiger partial charge in [-0.2, -0.15) is 18.3 Å². The third-order valence-electron chi connectivity index (χ3n) is 3.84. The van der Waals surface area contributed by atoms with Crippen molar-refractivity contribution >= 4 is 17.0 Å². The normalized spacial score (nSPS) is 11.9. The van der Waals surface area contributed by atoms with Crippen LogP contribution in [0.5, 0.6) is 0 Å². The Morgan fingerprint density at radius 3 is 2.24 bits per heavy atom. The van der Waals surface area contributed by atoms with Crippen LogP contribution in [-0.2, 0) is 6.18 Å². The SMILES string of the molecule is Cc1cc(C)cc(-n2nc(C)c3c(C(F)(F)F)c(C(=O)O)cnc32)c1. The van der Waals surface area contributed by atoms with Gasteiger partial charge in [0.1, 0.15) is 0 Å². The van der Waals surface area contributed by atoms with E-state index in [9.17, 15) is 18.0 Å². The first-order valence-electron chi connectivity index (χ1n) is 7.37. The quantitative estimate of drug-likeness (QED) is 0.757. The summed E-state index contributed by atoms with van der Waals surface area (Å²) >= 11 is 0. The number of hydrogen-bond acceptors (Lipinski definition) is 3. The van der Waals surface area contributed by atoms with E-state index in [4.69, 9.17) is 5.11 Å². The topological polar surface area (TPSA) is 68.0 Å². The zero-order chi connectivity index (χ0) is 18.5. The smallest absolute Gasteiger partial charge is 0.418 e. The Morgan fingerprint density at radius 1 is 1.12 bits per heavy atom. The molecule has 2 heterocycles. The molecule has 0 atom stereocenters. The lowest BCUT2D eigenvalue weighted by Crippen LogP contribution is -2.14. The molecule has 130 valence electrons. The number of halogens is 3. The Hall–Kier alpha value is -2.90. The van der Waals surface area contributed by atoms with Crippen LogP contribution in [0.15, 0.2) is 24.4 Å². The fraction of sp³-hybridized carbons (Fsp3) is 0.235. The summed E-state index contributed by atoms with van der Waals surface area (Å²) in [7, 11) is 0. The van der Waals surface area contributed by atoms with E-state index in [1.165, 1.54) is 11.6 Å². The molecule has 5 nitrogen and oxygen atoms in total. The van der Waals surface area contributed by atoms with Crippen molar-refractivity contribution in [3.63, 3.8) is 0 Å². The summed E-state index contributed by atoms with van der Waals surface area (Å²) < 4.78 is 41.9. The van der Waals surface area contributed by atoms with E-state index in [0.29, 0.717) is 5.69 Å². The molecule has 2 aromatic heterocycles. The fourth-order valence-electron chi connectivity index (χ4n) is 2.96. The van der Waals surface area contributed by atoms with E-state index >= 15 is 0 Å². The van der Waals surface area contributed by atoms with Crippen molar-refractivity contribution in [1.82, 2.24) is 14.8 Å². The van der Waals surface area contributed by atoms with Crippen LogP contribution in [0.2, 0.25) is 0 Å². The van der Waals surface area contributed by atoms with Gasteiger partial charge in [-0.1, -0.05) is 6.07 Å². The van der Waals surface area contributed by atoms with Crippen molar-refractivity contribution < 1.29 is 23.1 Å². The Bertz CT molecular complexity index is 986. The molecule has 0 aliphatic rings. The van der Waals surface area contributed by atoms with E-state index in [1.807, 2.05) is 19.9 Å². The minimum absolute atomic E-state index is 0.0279. The van der Waals surface area contributed by atoms with Gasteiger partial charge in [0.15, 0.2) is 5.65 Å². The van der Waals surface area contributed by atoms with Crippen molar-refractivity contribution in [3.05, 3.63) is 52.3 Å². The van der Waals surface area contributed by atoms with Crippen molar-refractivity contribution in [3.8, 4) is 5.69 Å². The van der Waals surface area contributed by atoms with E-state index in [1.54, 1.807) is 12.1 Å². The molecule has 0 radical (unpaired) electrons. The highest BCUT2D eigenvalue weighted by Crippen LogP contribution is 2.38. The van der Waals surface area contributed by atoms with Gasteiger partial charge in [-0.05, 0) is 44.0 Å². The van der Waals surface area contributed by atoms with Crippen LogP contribution in [0.4, 0.5) is 13.2 Å². The molecule has 0 saturated carbocycles. The van der Waals surface area contributed by atoms with Crippen LogP contribution in [0.25, 0.3) is 16.7 Å². The van der Waals surface area contributed by atoms with Crippen LogP contribution in [-0.4, -0.2) is 25.8 Å². The number of aryl methyl sites for hydroxylation is 3. The lowest BCUT2D eigenvalue weighted by Gasteiger charge is -2.12. The average molecular weight is 349 g/mol. The van der Waals surface area contributed by atoms with Gasteiger partial charge < -0.3 is 5.11 Å². The highest BCUT2D eigenvalue weighted by molar-refractivity contribution is 5.97. The molecule has 3 aromatic rings. The number of fused-ring (bicyclic) bond motifs is 1. The lowest BCUT2D eigenvalue weighted by molar-refractivity contribution is -0.136. The molecular weight excluding hydrogens is 335 g/mol. The van der Waals surface area contributed by atoms with Gasteiger partial charge in [-0.3, -0.25) is 0 Å². The molecule has 1 N–H and O–H groups in total. The summed E-state index contributed by atoms with van der Waals surface area (Å²) in [4.78, 5) is 15.2. The Labute approximate surface area is 140 Å². The average Bonchev–Trinajstić information content (AvgIpc) is 2.81. The number of pyridine rings is 1. The minimum atomic E-state index is -4.84. The fourth-order valence-corrected chi connectivity index (χ4v) is 2.96. The second-order valence-corrected chi connectivity index (χ2v) is 5.89. The highest BCUT2D eigenvalue weighted by Gasteiger charge is 2.39. The number of rotatable bonds is 2. The number of nitrogens with zero attached hydrogens (tertiary/aromatic N) is 3. The third kappa shape index (κ3) is 2.84. The Morgan fingerprint density at radius 2 is 1.72 bits per heavy atom. The minimum Gasteiger partial charge on any atom is -0.478 e. The number of carboxylic acids is 1. The highest BCUT2D eigenvalue weighted by atomic mass is 19.4. The maximum atomic E-state index is 13.5. The number of carbonyl (C=O) groups is 1. The summed E-state index contributed by atoms with van der Waals surface area (Å²) in [6.45, 7) is 5.14. The predicted molar refractivity (Wildman–Crippen MR) is 85.0 cm³/mol. The number of benzene rings is 1. The molecule has 0 fully saturated rings. The number of aromatic carboxylic acids is 1. The molecule has 3 rings (SSSR count). The van der Waals surface area contributed by atoms with Crippen molar-refractivity contribution in [1.29, 1.82) is 0 Å². The summed E-state index contributed by atoms with van der Waals surface area (Å²) in [5.41, 5.74) is 0.349. The standard InChI is InChI=1S/C17H14F3N3O2/c1-8-4-9(2)6-11(5-8)23-15-13(10(3)22-23)14(17(18,19)20)12(7-21-15)16(24)25/h4-7H,1-3H3,(H,24,25). The zero-order valence-electron chi connectivity index (χ0n) is 13.6. The molecule has 0 bridgehead atoms. The third-order valence-corrected chi connectivity index (χ3v) is 3.84. The number of hydrogen-bond donors (Lipinski definition) is 1. The van der Waals surface area contributed by atoms with Gasteiger partial charge in [-0.25, -0.2) is 14.5 Å². The Balaban J connectivity index is 2.41. The van der Waals surface area contributed by atoms with E-state index < -0.39 is 23.3 Å². The molecule has 0 unspecified atom stereocenters. The van der Waals surface area contributed by atoms with Crippen molar-refractivity contribution in [2.24, 2.45) is 0 Å². The number of alkyl halides is 3. The molecule has 1 aromatic carbocycles. The molecule has 25 heavy (non-hydrogen) atoms. The Kier molecular flexibility index (Phi) is 3.78. The summed E-state index contributed by atoms with van der Waals surface area (Å²) in [5, 5.41) is 13.0. The predicted octanol–water partition coefficient (Wildman–Crippen LogP) is 4.06. The monoisotopic (exact) mass is 349 g/mol. The van der Waals surface area contributed by atoms with Crippen molar-refractivity contribution in [2.45, 2.75) is 26.9 Å². The van der Waals surface area contributed by atoms with Crippen molar-refractivity contribution in [2.75, 3.05) is 0 Å². The molecule has 0 amide bonds. The van der Waals surface area contributed by atoms with Gasteiger partial charge >= 0.3 is 12.1 Å². The lowest BCUT2D eigenvalue weighted by atomic mass is 10.0. The first-order chi connectivity index (χ1) is 11.6. The maximum absolute atomic E-state index is 13.5. The van der Waals surface area contributed by atoms with Gasteiger partial charge in [0.05, 0.1) is 27.9 Å². The molecular formula is C17H14F3N3O2. The number of aromatic nitrogens is 3. The first-order valence-corrected chi connectivity index (χ1v) is 7.37. The second-order valence-electron chi connectivity index (χ2n) is 5.89. The van der Waals surface area contributed by atoms with Crippen LogP contribution in [0.1, 0.15) is 32.7 Å². The molecule has 0 aliphatic carbocycles. The molecule has 0 saturated heterocycles. The van der Waals surface area contributed by atoms with Crippen LogP contribution in [0, 0.1) is 20.8 Å². The van der Waals surface area contributed by atoms with Gasteiger partial charge in [-0.15, -0.1) is 0 Å². The summed E-state index contributed by atoms with van der Waals surface area (Å²) in [6, 6.07) is 5.48. The van der Waals surface area contributed by atoms with Gasteiger partial charge in [0, 0.05) is 6.20 Å². The van der Waals surface area contributed by atoms with E-state index in [0.717, 1.165) is 17.3 Å². The summed E-state index contributed by atoms with van der Waals surface area (Å²) in [5.74, 6) is -1.68. The van der Waals surface area contributed by atoms with Gasteiger partial charge in [0.2, 0.25) is 0 Å². The van der Waals surface area contributed by atoms with Crippen LogP contribution >= 0.6 is 0 Å². The number of carboxylic acid groups (broad SMARTS) is 1. The maximum Gasteiger partial charge on any atom is 0.418 e. The second kappa shape index (κ2) is 5.58. The molecule has 0 spiro atoms. The van der Waals surface area contributed by atoms with E-state index in [2.05, 4.69) is 10.1 Å². The zero-order valence-corrected chi connectivity index (χ0v) is 13.6. The van der Waals surface area contributed by atoms with Gasteiger partial charge in [0.25, 0.3) is 0 Å². The van der Waals surface area contributed by atoms with Crippen LogP contribution in [0.3, 0.4) is 0 Å². The molecule has 8 heteroatoms. The molecule has 0 aliphatic heterocycles. The van der Waals surface area contributed by atoms with Crippen LogP contribution < -0.4 is 0 Å². The first kappa shape index (κ1) is 16.9. The van der Waals surface area contributed by atoms with E-state index in [-0.39, 0.29) is 16.7 Å². The largest absolute Gasteiger partial charge is 0.478 e.